The van der Waals surface area contributed by atoms with E-state index in [1.165, 1.54) is 0 Å². The first-order chi connectivity index (χ1) is 6.40. The predicted octanol–water partition coefficient (Wildman–Crippen LogP) is 0.543. The van der Waals surface area contributed by atoms with Gasteiger partial charge >= 0.3 is 0 Å². The number of rotatable bonds is 2. The topological polar surface area (TPSA) is 69.6 Å². The first kappa shape index (κ1) is 10.6. The summed E-state index contributed by atoms with van der Waals surface area (Å²) in [6, 6.07) is 7.78. The number of hydrogen-bond acceptors (Lipinski definition) is 4. The van der Waals surface area contributed by atoms with Crippen molar-refractivity contribution in [1.82, 2.24) is 20.2 Å². The normalized spacial score (nSPS) is 9.50. The lowest BCUT2D eigenvalue weighted by Crippen LogP contribution is -1.99. The van der Waals surface area contributed by atoms with Crippen LogP contribution >= 0.6 is 12.4 Å². The van der Waals surface area contributed by atoms with Crippen LogP contribution in [-0.2, 0) is 6.54 Å². The minimum Gasteiger partial charge on any atom is -0.326 e. The molecule has 0 atom stereocenters. The molecule has 1 aromatic heterocycles. The molecule has 0 aliphatic carbocycles. The average Bonchev–Trinajstić information content (AvgIpc) is 2.71. The van der Waals surface area contributed by atoms with Crippen LogP contribution in [-0.4, -0.2) is 20.2 Å². The van der Waals surface area contributed by atoms with Crippen LogP contribution in [0.5, 0.6) is 0 Å². The van der Waals surface area contributed by atoms with Gasteiger partial charge in [-0.2, -0.15) is 0 Å². The summed E-state index contributed by atoms with van der Waals surface area (Å²) in [5, 5.41) is 10.9. The Morgan fingerprint density at radius 2 is 2.21 bits per heavy atom. The Labute approximate surface area is 87.3 Å². The van der Waals surface area contributed by atoms with Crippen LogP contribution < -0.4 is 5.73 Å². The zero-order valence-corrected chi connectivity index (χ0v) is 8.18. The molecule has 2 N–H and O–H groups in total. The van der Waals surface area contributed by atoms with Crippen molar-refractivity contribution in [2.45, 2.75) is 6.54 Å². The van der Waals surface area contributed by atoms with E-state index < -0.39 is 0 Å². The van der Waals surface area contributed by atoms with Crippen LogP contribution in [0.25, 0.3) is 5.69 Å². The van der Waals surface area contributed by atoms with Gasteiger partial charge in [-0.05, 0) is 28.1 Å². The van der Waals surface area contributed by atoms with Crippen molar-refractivity contribution in [1.29, 1.82) is 0 Å². The fourth-order valence-electron chi connectivity index (χ4n) is 1.11. The number of tetrazole rings is 1. The van der Waals surface area contributed by atoms with Crippen molar-refractivity contribution in [3.8, 4) is 5.69 Å². The lowest BCUT2D eigenvalue weighted by Gasteiger charge is -2.00. The molecule has 5 nitrogen and oxygen atoms in total. The van der Waals surface area contributed by atoms with Gasteiger partial charge in [-0.1, -0.05) is 12.1 Å². The highest BCUT2D eigenvalue weighted by Crippen LogP contribution is 2.07. The summed E-state index contributed by atoms with van der Waals surface area (Å²) in [4.78, 5) is 0. The molecule has 74 valence electrons. The minimum atomic E-state index is 0. The van der Waals surface area contributed by atoms with Gasteiger partial charge in [-0.3, -0.25) is 0 Å². The summed E-state index contributed by atoms with van der Waals surface area (Å²) in [5.41, 5.74) is 7.50. The molecule has 0 amide bonds. The highest BCUT2D eigenvalue weighted by molar-refractivity contribution is 5.85. The molecule has 2 aromatic rings. The summed E-state index contributed by atoms with van der Waals surface area (Å²) in [6.07, 6.45) is 1.55. The van der Waals surface area contributed by atoms with Crippen molar-refractivity contribution in [3.05, 3.63) is 36.2 Å². The second kappa shape index (κ2) is 4.69. The van der Waals surface area contributed by atoms with Crippen LogP contribution in [0.2, 0.25) is 0 Å². The molecule has 0 radical (unpaired) electrons. The second-order valence-corrected chi connectivity index (χ2v) is 2.63. The largest absolute Gasteiger partial charge is 0.326 e. The maximum Gasteiger partial charge on any atom is 0.143 e. The van der Waals surface area contributed by atoms with E-state index in [0.717, 1.165) is 11.3 Å². The molecule has 1 aromatic carbocycles. The van der Waals surface area contributed by atoms with Crippen molar-refractivity contribution < 1.29 is 0 Å². The molecule has 0 saturated heterocycles. The van der Waals surface area contributed by atoms with E-state index >= 15 is 0 Å². The van der Waals surface area contributed by atoms with Crippen LogP contribution in [0.1, 0.15) is 5.56 Å². The molecule has 1 heterocycles. The van der Waals surface area contributed by atoms with Gasteiger partial charge < -0.3 is 5.73 Å². The van der Waals surface area contributed by atoms with E-state index in [-0.39, 0.29) is 12.4 Å². The molecule has 0 aliphatic rings. The third-order valence-corrected chi connectivity index (χ3v) is 1.76. The quantitative estimate of drug-likeness (QED) is 0.788. The zero-order chi connectivity index (χ0) is 9.10. The fourth-order valence-corrected chi connectivity index (χ4v) is 1.11. The Bertz CT molecular complexity index is 386. The van der Waals surface area contributed by atoms with Gasteiger partial charge in [-0.25, -0.2) is 4.68 Å². The standard InChI is InChI=1S/C8H9N5.ClH/c9-5-7-2-1-3-8(4-7)13-6-10-11-12-13;/h1-4,6H,5,9H2;1H. The Balaban J connectivity index is 0.000000980. The zero-order valence-electron chi connectivity index (χ0n) is 7.37. The van der Waals surface area contributed by atoms with E-state index in [0.29, 0.717) is 6.54 Å². The SMILES string of the molecule is Cl.NCc1cccc(-n2cnnn2)c1. The molecule has 14 heavy (non-hydrogen) atoms. The smallest absolute Gasteiger partial charge is 0.143 e. The van der Waals surface area contributed by atoms with E-state index in [2.05, 4.69) is 15.5 Å². The highest BCUT2D eigenvalue weighted by Gasteiger charge is 1.97. The van der Waals surface area contributed by atoms with Gasteiger partial charge in [0, 0.05) is 6.54 Å². The van der Waals surface area contributed by atoms with Gasteiger partial charge in [-0.15, -0.1) is 17.5 Å². The number of nitrogens with two attached hydrogens (primary N) is 1. The van der Waals surface area contributed by atoms with Crippen LogP contribution in [0.4, 0.5) is 0 Å². The Morgan fingerprint density at radius 3 is 2.86 bits per heavy atom. The Morgan fingerprint density at radius 1 is 1.36 bits per heavy atom. The number of hydrogen-bond donors (Lipinski definition) is 1. The molecule has 0 aliphatic heterocycles. The Kier molecular flexibility index (Phi) is 3.55. The van der Waals surface area contributed by atoms with Gasteiger partial charge in [0.2, 0.25) is 0 Å². The molecule has 0 fully saturated rings. The van der Waals surface area contributed by atoms with E-state index in [4.69, 9.17) is 5.73 Å². The Hall–Kier alpha value is -1.46. The predicted molar refractivity (Wildman–Crippen MR) is 54.3 cm³/mol. The third kappa shape index (κ3) is 2.07. The van der Waals surface area contributed by atoms with Gasteiger partial charge in [0.1, 0.15) is 6.33 Å². The first-order valence-corrected chi connectivity index (χ1v) is 3.92. The van der Waals surface area contributed by atoms with Crippen molar-refractivity contribution >= 4 is 12.4 Å². The van der Waals surface area contributed by atoms with Crippen LogP contribution in [0.15, 0.2) is 30.6 Å². The van der Waals surface area contributed by atoms with Gasteiger partial charge in [0.15, 0.2) is 0 Å². The molecular formula is C8H10ClN5. The molecule has 0 bridgehead atoms. The van der Waals surface area contributed by atoms with Gasteiger partial charge in [0.05, 0.1) is 5.69 Å². The lowest BCUT2D eigenvalue weighted by atomic mass is 10.2. The highest BCUT2D eigenvalue weighted by atomic mass is 35.5. The summed E-state index contributed by atoms with van der Waals surface area (Å²) in [7, 11) is 0. The first-order valence-electron chi connectivity index (χ1n) is 3.92. The van der Waals surface area contributed by atoms with E-state index in [1.807, 2.05) is 24.3 Å². The molecule has 2 rings (SSSR count). The minimum absolute atomic E-state index is 0. The molecule has 6 heteroatoms. The molecule has 0 unspecified atom stereocenters. The summed E-state index contributed by atoms with van der Waals surface area (Å²) in [5.74, 6) is 0. The molecular weight excluding hydrogens is 202 g/mol. The number of aromatic nitrogens is 4. The second-order valence-electron chi connectivity index (χ2n) is 2.63. The molecule has 0 saturated carbocycles. The maximum absolute atomic E-state index is 5.51. The number of benzene rings is 1. The van der Waals surface area contributed by atoms with Crippen molar-refractivity contribution in [2.75, 3.05) is 0 Å². The average molecular weight is 212 g/mol. The number of halogens is 1. The fraction of sp³-hybridized carbons (Fsp3) is 0.125. The van der Waals surface area contributed by atoms with Crippen molar-refractivity contribution in [2.24, 2.45) is 5.73 Å². The summed E-state index contributed by atoms with van der Waals surface area (Å²) < 4.78 is 1.60. The monoisotopic (exact) mass is 211 g/mol. The maximum atomic E-state index is 5.51. The summed E-state index contributed by atoms with van der Waals surface area (Å²) >= 11 is 0. The van der Waals surface area contributed by atoms with Gasteiger partial charge in [0.25, 0.3) is 0 Å². The van der Waals surface area contributed by atoms with Crippen LogP contribution in [0, 0.1) is 0 Å². The van der Waals surface area contributed by atoms with Crippen LogP contribution in [0.3, 0.4) is 0 Å². The number of nitrogens with zero attached hydrogens (tertiary/aromatic N) is 4. The molecule has 0 spiro atoms. The summed E-state index contributed by atoms with van der Waals surface area (Å²) in [6.45, 7) is 0.524. The lowest BCUT2D eigenvalue weighted by molar-refractivity contribution is 0.787. The van der Waals surface area contributed by atoms with E-state index in [1.54, 1.807) is 11.0 Å². The third-order valence-electron chi connectivity index (χ3n) is 1.76. The van der Waals surface area contributed by atoms with Crippen molar-refractivity contribution in [3.63, 3.8) is 0 Å². The van der Waals surface area contributed by atoms with E-state index in [9.17, 15) is 0 Å².